The van der Waals surface area contributed by atoms with E-state index in [1.54, 1.807) is 12.1 Å². The summed E-state index contributed by atoms with van der Waals surface area (Å²) in [7, 11) is 0. The summed E-state index contributed by atoms with van der Waals surface area (Å²) in [4.78, 5) is 0. The molecule has 0 saturated carbocycles. The lowest BCUT2D eigenvalue weighted by Gasteiger charge is -2.34. The Balaban J connectivity index is 2.91. The van der Waals surface area contributed by atoms with Crippen LogP contribution in [0.1, 0.15) is 33.3 Å². The fourth-order valence-electron chi connectivity index (χ4n) is 1.86. The molecule has 17 heavy (non-hydrogen) atoms. The van der Waals surface area contributed by atoms with E-state index in [1.807, 2.05) is 19.1 Å². The van der Waals surface area contributed by atoms with Crippen molar-refractivity contribution in [2.45, 2.75) is 39.8 Å². The van der Waals surface area contributed by atoms with Gasteiger partial charge in [-0.3, -0.25) is 0 Å². The van der Waals surface area contributed by atoms with Gasteiger partial charge in [-0.1, -0.05) is 26.8 Å². The van der Waals surface area contributed by atoms with Gasteiger partial charge in [-0.2, -0.15) is 5.26 Å². The molecule has 0 aliphatic heterocycles. The zero-order chi connectivity index (χ0) is 13.1. The summed E-state index contributed by atoms with van der Waals surface area (Å²) in [6.45, 7) is 8.21. The third-order valence-electron chi connectivity index (χ3n) is 2.56. The van der Waals surface area contributed by atoms with E-state index >= 15 is 0 Å². The van der Waals surface area contributed by atoms with E-state index in [-0.39, 0.29) is 17.6 Å². The lowest BCUT2D eigenvalue weighted by atomic mass is 9.85. The summed E-state index contributed by atoms with van der Waals surface area (Å²) in [5, 5.41) is 8.83. The molecule has 0 bridgehead atoms. The van der Waals surface area contributed by atoms with Gasteiger partial charge in [0.1, 0.15) is 11.9 Å². The summed E-state index contributed by atoms with van der Waals surface area (Å²) in [5.74, 6) is 0.696. The Bertz CT molecular complexity index is 413. The Labute approximate surface area is 103 Å². The molecule has 0 radical (unpaired) electrons. The SMILES string of the molecule is CC(N)C(Oc1cccc(C#N)c1)C(C)(C)C. The zero-order valence-corrected chi connectivity index (χ0v) is 10.9. The maximum Gasteiger partial charge on any atom is 0.121 e. The van der Waals surface area contributed by atoms with Crippen molar-refractivity contribution in [2.75, 3.05) is 0 Å². The van der Waals surface area contributed by atoms with Gasteiger partial charge < -0.3 is 10.5 Å². The Hall–Kier alpha value is -1.53. The second-order valence-electron chi connectivity index (χ2n) is 5.40. The third-order valence-corrected chi connectivity index (χ3v) is 2.56. The first kappa shape index (κ1) is 13.5. The number of ether oxygens (including phenoxy) is 1. The average molecular weight is 232 g/mol. The summed E-state index contributed by atoms with van der Waals surface area (Å²) in [6.07, 6.45) is -0.0866. The molecule has 2 atom stereocenters. The summed E-state index contributed by atoms with van der Waals surface area (Å²) in [5.41, 5.74) is 6.50. The second kappa shape index (κ2) is 5.20. The Morgan fingerprint density at radius 3 is 2.47 bits per heavy atom. The van der Waals surface area contributed by atoms with E-state index in [4.69, 9.17) is 15.7 Å². The van der Waals surface area contributed by atoms with Gasteiger partial charge in [-0.15, -0.1) is 0 Å². The summed E-state index contributed by atoms with van der Waals surface area (Å²) >= 11 is 0. The van der Waals surface area contributed by atoms with Crippen molar-refractivity contribution in [1.29, 1.82) is 5.26 Å². The predicted octanol–water partition coefficient (Wildman–Crippen LogP) is 2.70. The highest BCUT2D eigenvalue weighted by Crippen LogP contribution is 2.26. The van der Waals surface area contributed by atoms with Crippen LogP contribution in [0.15, 0.2) is 24.3 Å². The number of hydrogen-bond acceptors (Lipinski definition) is 3. The van der Waals surface area contributed by atoms with Crippen molar-refractivity contribution < 1.29 is 4.74 Å². The average Bonchev–Trinajstić information content (AvgIpc) is 2.24. The topological polar surface area (TPSA) is 59.0 Å². The molecule has 1 rings (SSSR count). The van der Waals surface area contributed by atoms with Gasteiger partial charge in [-0.25, -0.2) is 0 Å². The quantitative estimate of drug-likeness (QED) is 0.871. The molecule has 1 aromatic carbocycles. The first-order valence-electron chi connectivity index (χ1n) is 5.77. The molecule has 3 heteroatoms. The molecule has 3 nitrogen and oxygen atoms in total. The second-order valence-corrected chi connectivity index (χ2v) is 5.40. The molecule has 0 spiro atoms. The van der Waals surface area contributed by atoms with Crippen LogP contribution in [0, 0.1) is 16.7 Å². The van der Waals surface area contributed by atoms with Gasteiger partial charge in [0.2, 0.25) is 0 Å². The zero-order valence-electron chi connectivity index (χ0n) is 10.9. The molecule has 0 saturated heterocycles. The third kappa shape index (κ3) is 3.76. The van der Waals surface area contributed by atoms with Crippen LogP contribution in [0.5, 0.6) is 5.75 Å². The van der Waals surface area contributed by atoms with E-state index in [2.05, 4.69) is 26.8 Å². The normalized spacial score (nSPS) is 14.8. The molecule has 0 aliphatic rings. The van der Waals surface area contributed by atoms with E-state index < -0.39 is 0 Å². The molecular formula is C14H20N2O. The molecule has 2 N–H and O–H groups in total. The molecule has 1 aromatic rings. The van der Waals surface area contributed by atoms with Crippen molar-refractivity contribution in [3.05, 3.63) is 29.8 Å². The lowest BCUT2D eigenvalue weighted by Crippen LogP contribution is -2.45. The van der Waals surface area contributed by atoms with Crippen molar-refractivity contribution in [3.8, 4) is 11.8 Å². The minimum Gasteiger partial charge on any atom is -0.488 e. The molecular weight excluding hydrogens is 212 g/mol. The van der Waals surface area contributed by atoms with Crippen LogP contribution in [0.3, 0.4) is 0 Å². The minimum absolute atomic E-state index is 0.0448. The lowest BCUT2D eigenvalue weighted by molar-refractivity contribution is 0.0684. The molecule has 0 aromatic heterocycles. The van der Waals surface area contributed by atoms with Crippen molar-refractivity contribution in [3.63, 3.8) is 0 Å². The van der Waals surface area contributed by atoms with Crippen LogP contribution < -0.4 is 10.5 Å². The maximum absolute atomic E-state index is 8.83. The maximum atomic E-state index is 8.83. The van der Waals surface area contributed by atoms with Crippen LogP contribution >= 0.6 is 0 Å². The molecule has 0 aliphatic carbocycles. The first-order chi connectivity index (χ1) is 7.84. The fraction of sp³-hybridized carbons (Fsp3) is 0.500. The van der Waals surface area contributed by atoms with Crippen LogP contribution in [0.2, 0.25) is 0 Å². The van der Waals surface area contributed by atoms with Gasteiger partial charge in [0, 0.05) is 11.5 Å². The molecule has 0 heterocycles. The van der Waals surface area contributed by atoms with Gasteiger partial charge >= 0.3 is 0 Å². The van der Waals surface area contributed by atoms with Crippen molar-refractivity contribution >= 4 is 0 Å². The Morgan fingerprint density at radius 1 is 1.35 bits per heavy atom. The van der Waals surface area contributed by atoms with Crippen LogP contribution in [-0.4, -0.2) is 12.1 Å². The fourth-order valence-corrected chi connectivity index (χ4v) is 1.86. The van der Waals surface area contributed by atoms with E-state index in [1.165, 1.54) is 0 Å². The smallest absolute Gasteiger partial charge is 0.121 e. The highest BCUT2D eigenvalue weighted by atomic mass is 16.5. The number of rotatable bonds is 3. The molecule has 0 fully saturated rings. The van der Waals surface area contributed by atoms with E-state index in [0.29, 0.717) is 11.3 Å². The number of benzene rings is 1. The number of hydrogen-bond donors (Lipinski definition) is 1. The molecule has 0 amide bonds. The number of nitrogens with two attached hydrogens (primary N) is 1. The van der Waals surface area contributed by atoms with Gasteiger partial charge in [0.05, 0.1) is 11.6 Å². The standard InChI is InChI=1S/C14H20N2O/c1-10(16)13(14(2,3)4)17-12-7-5-6-11(8-12)9-15/h5-8,10,13H,16H2,1-4H3. The van der Waals surface area contributed by atoms with Gasteiger partial charge in [-0.05, 0) is 25.1 Å². The minimum atomic E-state index is -0.0866. The monoisotopic (exact) mass is 232 g/mol. The van der Waals surface area contributed by atoms with Crippen molar-refractivity contribution in [1.82, 2.24) is 0 Å². The molecule has 92 valence electrons. The van der Waals surface area contributed by atoms with Crippen LogP contribution in [0.4, 0.5) is 0 Å². The van der Waals surface area contributed by atoms with Crippen molar-refractivity contribution in [2.24, 2.45) is 11.1 Å². The molecule has 2 unspecified atom stereocenters. The first-order valence-corrected chi connectivity index (χ1v) is 5.77. The summed E-state index contributed by atoms with van der Waals surface area (Å²) in [6, 6.07) is 9.18. The number of nitriles is 1. The largest absolute Gasteiger partial charge is 0.488 e. The predicted molar refractivity (Wildman–Crippen MR) is 68.7 cm³/mol. The Morgan fingerprint density at radius 2 is 2.00 bits per heavy atom. The van der Waals surface area contributed by atoms with Gasteiger partial charge in [0.25, 0.3) is 0 Å². The highest BCUT2D eigenvalue weighted by Gasteiger charge is 2.29. The highest BCUT2D eigenvalue weighted by molar-refractivity contribution is 5.36. The van der Waals surface area contributed by atoms with Gasteiger partial charge in [0.15, 0.2) is 0 Å². The van der Waals surface area contributed by atoms with Crippen LogP contribution in [0.25, 0.3) is 0 Å². The summed E-state index contributed by atoms with van der Waals surface area (Å²) < 4.78 is 5.91. The van der Waals surface area contributed by atoms with Crippen LogP contribution in [-0.2, 0) is 0 Å². The van der Waals surface area contributed by atoms with E-state index in [0.717, 1.165) is 0 Å². The number of nitrogens with zero attached hydrogens (tertiary/aromatic N) is 1. The van der Waals surface area contributed by atoms with E-state index in [9.17, 15) is 0 Å². The Kier molecular flexibility index (Phi) is 4.14.